The minimum absolute atomic E-state index is 0.148. The van der Waals surface area contributed by atoms with Gasteiger partial charge in [-0.25, -0.2) is 13.1 Å². The van der Waals surface area contributed by atoms with Crippen molar-refractivity contribution in [3.63, 3.8) is 0 Å². The maximum Gasteiger partial charge on any atom is 0.262 e. The molecule has 0 bridgehead atoms. The third-order valence-corrected chi connectivity index (χ3v) is 6.03. The van der Waals surface area contributed by atoms with Crippen molar-refractivity contribution in [3.8, 4) is 0 Å². The number of benzene rings is 2. The van der Waals surface area contributed by atoms with Gasteiger partial charge in [0.25, 0.3) is 5.91 Å². The third kappa shape index (κ3) is 5.76. The van der Waals surface area contributed by atoms with Crippen LogP contribution in [-0.2, 0) is 16.4 Å². The van der Waals surface area contributed by atoms with Crippen LogP contribution in [-0.4, -0.2) is 27.1 Å². The molecule has 5 nitrogen and oxygen atoms in total. The van der Waals surface area contributed by atoms with Gasteiger partial charge in [0, 0.05) is 11.4 Å². The van der Waals surface area contributed by atoms with E-state index < -0.39 is 10.0 Å². The predicted molar refractivity (Wildman–Crippen MR) is 113 cm³/mol. The predicted octanol–water partition coefficient (Wildman–Crippen LogP) is 3.36. The SMILES string of the molecule is CS(=O)(=O)NCCc1ccc(C(=O)NC(c2ccccc2)c2ccccc2)s1. The average Bonchev–Trinajstić information content (AvgIpc) is 3.15. The molecule has 28 heavy (non-hydrogen) atoms. The van der Waals surface area contributed by atoms with E-state index in [2.05, 4.69) is 10.0 Å². The quantitative estimate of drug-likeness (QED) is 0.593. The van der Waals surface area contributed by atoms with Crippen LogP contribution in [0.15, 0.2) is 72.8 Å². The first-order valence-electron chi connectivity index (χ1n) is 8.86. The molecule has 3 aromatic rings. The Labute approximate surface area is 169 Å². The van der Waals surface area contributed by atoms with Gasteiger partial charge in [0.15, 0.2) is 0 Å². The fraction of sp³-hybridized carbons (Fsp3) is 0.190. The summed E-state index contributed by atoms with van der Waals surface area (Å²) in [5.74, 6) is -0.148. The highest BCUT2D eigenvalue weighted by atomic mass is 32.2. The van der Waals surface area contributed by atoms with Gasteiger partial charge in [0.2, 0.25) is 10.0 Å². The van der Waals surface area contributed by atoms with Gasteiger partial charge in [0.05, 0.1) is 17.2 Å². The summed E-state index contributed by atoms with van der Waals surface area (Å²) < 4.78 is 24.8. The molecule has 0 spiro atoms. The second-order valence-electron chi connectivity index (χ2n) is 6.41. The van der Waals surface area contributed by atoms with Crippen LogP contribution in [0.25, 0.3) is 0 Å². The zero-order chi connectivity index (χ0) is 20.0. The van der Waals surface area contributed by atoms with Gasteiger partial charge in [-0.2, -0.15) is 0 Å². The first-order valence-corrected chi connectivity index (χ1v) is 11.6. The summed E-state index contributed by atoms with van der Waals surface area (Å²) in [5, 5.41) is 3.12. The molecule has 1 heterocycles. The van der Waals surface area contributed by atoms with Crippen molar-refractivity contribution in [2.75, 3.05) is 12.8 Å². The first kappa shape index (κ1) is 20.3. The van der Waals surface area contributed by atoms with Crippen LogP contribution in [0.1, 0.15) is 31.7 Å². The molecule has 2 aromatic carbocycles. The molecule has 146 valence electrons. The van der Waals surface area contributed by atoms with Crippen molar-refractivity contribution in [1.29, 1.82) is 0 Å². The lowest BCUT2D eigenvalue weighted by molar-refractivity contribution is 0.0947. The van der Waals surface area contributed by atoms with Gasteiger partial charge in [-0.1, -0.05) is 60.7 Å². The Balaban J connectivity index is 1.72. The molecule has 0 aliphatic heterocycles. The lowest BCUT2D eigenvalue weighted by Gasteiger charge is -2.19. The first-order chi connectivity index (χ1) is 13.4. The summed E-state index contributed by atoms with van der Waals surface area (Å²) >= 11 is 1.38. The largest absolute Gasteiger partial charge is 0.340 e. The molecule has 7 heteroatoms. The number of carbonyl (C=O) groups excluding carboxylic acids is 1. The van der Waals surface area contributed by atoms with E-state index in [4.69, 9.17) is 0 Å². The highest BCUT2D eigenvalue weighted by Gasteiger charge is 2.18. The Morgan fingerprint density at radius 3 is 2.04 bits per heavy atom. The lowest BCUT2D eigenvalue weighted by atomic mass is 9.98. The summed E-state index contributed by atoms with van der Waals surface area (Å²) in [4.78, 5) is 14.4. The van der Waals surface area contributed by atoms with Crippen LogP contribution < -0.4 is 10.0 Å². The van der Waals surface area contributed by atoms with Crippen LogP contribution in [0.4, 0.5) is 0 Å². The molecular formula is C21H22N2O3S2. The number of hydrogen-bond donors (Lipinski definition) is 2. The van der Waals surface area contributed by atoms with Crippen molar-refractivity contribution in [3.05, 3.63) is 93.7 Å². The molecule has 0 aliphatic rings. The smallest absolute Gasteiger partial charge is 0.262 e. The number of nitrogens with one attached hydrogen (secondary N) is 2. The Morgan fingerprint density at radius 1 is 0.929 bits per heavy atom. The Kier molecular flexibility index (Phi) is 6.61. The van der Waals surface area contributed by atoms with Crippen LogP contribution in [0.2, 0.25) is 0 Å². The number of carbonyl (C=O) groups is 1. The number of rotatable bonds is 8. The van der Waals surface area contributed by atoms with E-state index in [0.717, 1.165) is 22.3 Å². The maximum absolute atomic E-state index is 12.8. The number of sulfonamides is 1. The van der Waals surface area contributed by atoms with E-state index in [1.54, 1.807) is 6.07 Å². The van der Waals surface area contributed by atoms with E-state index >= 15 is 0 Å². The Hall–Kier alpha value is -2.48. The fourth-order valence-corrected chi connectivity index (χ4v) is 4.23. The van der Waals surface area contributed by atoms with Crippen molar-refractivity contribution in [2.45, 2.75) is 12.5 Å². The molecule has 0 saturated carbocycles. The molecule has 0 fully saturated rings. The second kappa shape index (κ2) is 9.14. The topological polar surface area (TPSA) is 75.3 Å². The fourth-order valence-electron chi connectivity index (χ4n) is 2.85. The monoisotopic (exact) mass is 414 g/mol. The van der Waals surface area contributed by atoms with Gasteiger partial charge in [-0.05, 0) is 29.7 Å². The molecule has 2 N–H and O–H groups in total. The van der Waals surface area contributed by atoms with E-state index in [1.165, 1.54) is 11.3 Å². The molecule has 1 amide bonds. The van der Waals surface area contributed by atoms with E-state index in [-0.39, 0.29) is 11.9 Å². The lowest BCUT2D eigenvalue weighted by Crippen LogP contribution is -2.28. The molecule has 3 rings (SSSR count). The van der Waals surface area contributed by atoms with Crippen LogP contribution in [0.3, 0.4) is 0 Å². The molecule has 1 aromatic heterocycles. The Morgan fingerprint density at radius 2 is 1.50 bits per heavy atom. The highest BCUT2D eigenvalue weighted by Crippen LogP contribution is 2.24. The second-order valence-corrected chi connectivity index (χ2v) is 9.41. The van der Waals surface area contributed by atoms with Gasteiger partial charge in [-0.3, -0.25) is 4.79 Å². The average molecular weight is 415 g/mol. The van der Waals surface area contributed by atoms with E-state index in [0.29, 0.717) is 17.8 Å². The van der Waals surface area contributed by atoms with Gasteiger partial charge in [-0.15, -0.1) is 11.3 Å². The molecule has 0 saturated heterocycles. The molecule has 0 unspecified atom stereocenters. The number of hydrogen-bond acceptors (Lipinski definition) is 4. The number of thiophene rings is 1. The van der Waals surface area contributed by atoms with Crippen molar-refractivity contribution < 1.29 is 13.2 Å². The summed E-state index contributed by atoms with van der Waals surface area (Å²) in [6, 6.07) is 23.1. The van der Waals surface area contributed by atoms with Crippen LogP contribution in [0, 0.1) is 0 Å². The van der Waals surface area contributed by atoms with E-state index in [9.17, 15) is 13.2 Å². The van der Waals surface area contributed by atoms with Crippen molar-refractivity contribution >= 4 is 27.3 Å². The number of amides is 1. The minimum Gasteiger partial charge on any atom is -0.340 e. The van der Waals surface area contributed by atoms with Crippen LogP contribution >= 0.6 is 11.3 Å². The summed E-state index contributed by atoms with van der Waals surface area (Å²) in [5.41, 5.74) is 2.02. The zero-order valence-electron chi connectivity index (χ0n) is 15.5. The maximum atomic E-state index is 12.8. The molecule has 0 aliphatic carbocycles. The summed E-state index contributed by atoms with van der Waals surface area (Å²) in [7, 11) is -3.21. The van der Waals surface area contributed by atoms with Crippen molar-refractivity contribution in [1.82, 2.24) is 10.0 Å². The molecular weight excluding hydrogens is 392 g/mol. The van der Waals surface area contributed by atoms with Gasteiger partial charge >= 0.3 is 0 Å². The normalized spacial score (nSPS) is 11.5. The highest BCUT2D eigenvalue weighted by molar-refractivity contribution is 7.88. The molecule has 0 atom stereocenters. The minimum atomic E-state index is -3.21. The zero-order valence-corrected chi connectivity index (χ0v) is 17.1. The summed E-state index contributed by atoms with van der Waals surface area (Å²) in [6.45, 7) is 0.317. The van der Waals surface area contributed by atoms with Crippen molar-refractivity contribution in [2.24, 2.45) is 0 Å². The third-order valence-electron chi connectivity index (χ3n) is 4.16. The van der Waals surface area contributed by atoms with Gasteiger partial charge < -0.3 is 5.32 Å². The molecule has 0 radical (unpaired) electrons. The summed E-state index contributed by atoms with van der Waals surface area (Å²) in [6.07, 6.45) is 1.68. The van der Waals surface area contributed by atoms with Crippen LogP contribution in [0.5, 0.6) is 0 Å². The van der Waals surface area contributed by atoms with E-state index in [1.807, 2.05) is 66.7 Å². The Bertz CT molecular complexity index is 977. The van der Waals surface area contributed by atoms with Gasteiger partial charge in [0.1, 0.15) is 0 Å². The standard InChI is InChI=1S/C21H22N2O3S2/c1-28(25,26)22-15-14-18-12-13-19(27-18)21(24)23-20(16-8-4-2-5-9-16)17-10-6-3-7-11-17/h2-13,20,22H,14-15H2,1H3,(H,23,24).